The predicted molar refractivity (Wildman–Crippen MR) is 106 cm³/mol. The molecule has 0 bridgehead atoms. The first-order chi connectivity index (χ1) is 13.3. The molecule has 28 heavy (non-hydrogen) atoms. The molecule has 1 amide bonds. The molecule has 0 saturated carbocycles. The number of nitrogens with zero attached hydrogens (tertiary/aromatic N) is 3. The fraction of sp³-hybridized carbons (Fsp3) is 0.286. The van der Waals surface area contributed by atoms with E-state index in [-0.39, 0.29) is 29.8 Å². The van der Waals surface area contributed by atoms with Crippen molar-refractivity contribution in [2.75, 3.05) is 5.32 Å². The molecule has 2 aromatic carbocycles. The average molecular weight is 382 g/mol. The number of rotatable bonds is 6. The van der Waals surface area contributed by atoms with Gasteiger partial charge in [-0.2, -0.15) is 4.98 Å². The zero-order valence-electron chi connectivity index (χ0n) is 16.3. The lowest BCUT2D eigenvalue weighted by molar-refractivity contribution is -0.118. The van der Waals surface area contributed by atoms with E-state index in [9.17, 15) is 9.18 Å². The summed E-state index contributed by atoms with van der Waals surface area (Å²) < 4.78 is 20.9. The van der Waals surface area contributed by atoms with Crippen LogP contribution in [0.25, 0.3) is 17.1 Å². The minimum atomic E-state index is -0.356. The molecule has 0 unspecified atom stereocenters. The van der Waals surface area contributed by atoms with Gasteiger partial charge in [0.1, 0.15) is 5.82 Å². The van der Waals surface area contributed by atoms with E-state index in [0.717, 1.165) is 0 Å². The summed E-state index contributed by atoms with van der Waals surface area (Å²) >= 11 is 0. The zero-order valence-corrected chi connectivity index (χ0v) is 16.3. The lowest BCUT2D eigenvalue weighted by Gasteiger charge is -2.09. The van der Waals surface area contributed by atoms with Gasteiger partial charge < -0.3 is 10.1 Å². The van der Waals surface area contributed by atoms with Gasteiger partial charge >= 0.3 is 6.01 Å². The third kappa shape index (κ3) is 4.54. The van der Waals surface area contributed by atoms with Crippen LogP contribution in [0.15, 0.2) is 48.5 Å². The molecule has 6 nitrogen and oxygen atoms in total. The van der Waals surface area contributed by atoms with E-state index in [0.29, 0.717) is 22.8 Å². The average Bonchev–Trinajstić information content (AvgIpc) is 3.05. The molecule has 0 saturated heterocycles. The van der Waals surface area contributed by atoms with Gasteiger partial charge in [-0.3, -0.25) is 4.79 Å². The van der Waals surface area contributed by atoms with Crippen molar-refractivity contribution in [3.05, 3.63) is 54.3 Å². The monoisotopic (exact) mass is 382 g/mol. The summed E-state index contributed by atoms with van der Waals surface area (Å²) in [4.78, 5) is 16.3. The highest BCUT2D eigenvalue weighted by atomic mass is 19.1. The number of hydrogen-bond donors (Lipinski definition) is 1. The molecular weight excluding hydrogens is 359 g/mol. The quantitative estimate of drug-likeness (QED) is 0.684. The van der Waals surface area contributed by atoms with E-state index in [4.69, 9.17) is 4.74 Å². The van der Waals surface area contributed by atoms with Crippen LogP contribution in [0, 0.1) is 11.7 Å². The van der Waals surface area contributed by atoms with Crippen molar-refractivity contribution in [2.24, 2.45) is 5.92 Å². The Morgan fingerprint density at radius 3 is 2.43 bits per heavy atom. The zero-order chi connectivity index (χ0) is 20.3. The summed E-state index contributed by atoms with van der Waals surface area (Å²) in [6, 6.07) is 13.6. The molecule has 146 valence electrons. The van der Waals surface area contributed by atoms with E-state index in [1.54, 1.807) is 28.9 Å². The number of carbonyl (C=O) groups is 1. The van der Waals surface area contributed by atoms with E-state index in [1.165, 1.54) is 12.1 Å². The summed E-state index contributed by atoms with van der Waals surface area (Å²) in [5, 5.41) is 7.27. The SMILES string of the molecule is CC(C)Oc1nc(-c2cccc(F)c2)n(-c2ccc(NC(=O)C(C)C)cc2)n1. The number of benzene rings is 2. The fourth-order valence-corrected chi connectivity index (χ4v) is 2.52. The van der Waals surface area contributed by atoms with Gasteiger partial charge in [0.15, 0.2) is 5.82 Å². The van der Waals surface area contributed by atoms with Crippen LogP contribution in [0.1, 0.15) is 27.7 Å². The molecule has 7 heteroatoms. The number of carbonyl (C=O) groups excluding carboxylic acids is 1. The van der Waals surface area contributed by atoms with Gasteiger partial charge in [-0.25, -0.2) is 9.07 Å². The maximum atomic E-state index is 13.7. The van der Waals surface area contributed by atoms with E-state index >= 15 is 0 Å². The van der Waals surface area contributed by atoms with Gasteiger partial charge in [-0.05, 0) is 50.2 Å². The Morgan fingerprint density at radius 2 is 1.82 bits per heavy atom. The molecule has 0 fully saturated rings. The number of amides is 1. The number of halogens is 1. The Labute approximate surface area is 163 Å². The van der Waals surface area contributed by atoms with Gasteiger partial charge in [0.2, 0.25) is 5.91 Å². The second kappa shape index (κ2) is 8.21. The first kappa shape index (κ1) is 19.5. The number of aromatic nitrogens is 3. The normalized spacial score (nSPS) is 11.1. The molecule has 1 N–H and O–H groups in total. The number of hydrogen-bond acceptors (Lipinski definition) is 4. The maximum absolute atomic E-state index is 13.7. The number of anilines is 1. The third-order valence-electron chi connectivity index (χ3n) is 3.92. The molecular formula is C21H23FN4O2. The van der Waals surface area contributed by atoms with Crippen molar-refractivity contribution in [2.45, 2.75) is 33.8 Å². The topological polar surface area (TPSA) is 69.0 Å². The van der Waals surface area contributed by atoms with E-state index < -0.39 is 0 Å². The smallest absolute Gasteiger partial charge is 0.336 e. The minimum absolute atomic E-state index is 0.0541. The lowest BCUT2D eigenvalue weighted by Crippen LogP contribution is -2.17. The van der Waals surface area contributed by atoms with E-state index in [2.05, 4.69) is 15.4 Å². The Kier molecular flexibility index (Phi) is 5.73. The summed E-state index contributed by atoms with van der Waals surface area (Å²) in [7, 11) is 0. The van der Waals surface area contributed by atoms with Crippen molar-refractivity contribution in [3.63, 3.8) is 0 Å². The molecule has 0 atom stereocenters. The highest BCUT2D eigenvalue weighted by Crippen LogP contribution is 2.25. The Bertz CT molecular complexity index is 965. The maximum Gasteiger partial charge on any atom is 0.336 e. The summed E-state index contributed by atoms with van der Waals surface area (Å²) in [5.41, 5.74) is 1.99. The van der Waals surface area contributed by atoms with Crippen LogP contribution in [-0.2, 0) is 4.79 Å². The Morgan fingerprint density at radius 1 is 1.11 bits per heavy atom. The molecule has 1 heterocycles. The van der Waals surface area contributed by atoms with Crippen LogP contribution < -0.4 is 10.1 Å². The van der Waals surface area contributed by atoms with Gasteiger partial charge in [-0.1, -0.05) is 26.0 Å². The van der Waals surface area contributed by atoms with Gasteiger partial charge in [0, 0.05) is 17.2 Å². The van der Waals surface area contributed by atoms with Gasteiger partial charge in [0.05, 0.1) is 11.8 Å². The van der Waals surface area contributed by atoms with Crippen molar-refractivity contribution in [1.29, 1.82) is 0 Å². The predicted octanol–water partition coefficient (Wildman–Crippen LogP) is 4.46. The second-order valence-electron chi connectivity index (χ2n) is 7.00. The first-order valence-electron chi connectivity index (χ1n) is 9.14. The van der Waals surface area contributed by atoms with Crippen molar-refractivity contribution in [1.82, 2.24) is 14.8 Å². The third-order valence-corrected chi connectivity index (χ3v) is 3.92. The molecule has 0 radical (unpaired) electrons. The van der Waals surface area contributed by atoms with Gasteiger partial charge in [-0.15, -0.1) is 5.10 Å². The Balaban J connectivity index is 1.98. The van der Waals surface area contributed by atoms with Crippen LogP contribution >= 0.6 is 0 Å². The van der Waals surface area contributed by atoms with Crippen LogP contribution in [0.4, 0.5) is 10.1 Å². The highest BCUT2D eigenvalue weighted by molar-refractivity contribution is 5.92. The van der Waals surface area contributed by atoms with Crippen molar-refractivity contribution < 1.29 is 13.9 Å². The van der Waals surface area contributed by atoms with Crippen LogP contribution in [-0.4, -0.2) is 26.8 Å². The van der Waals surface area contributed by atoms with Crippen molar-refractivity contribution >= 4 is 11.6 Å². The number of ether oxygens (including phenoxy) is 1. The number of nitrogens with one attached hydrogen (secondary N) is 1. The van der Waals surface area contributed by atoms with Crippen LogP contribution in [0.5, 0.6) is 6.01 Å². The molecule has 0 spiro atoms. The molecule has 0 aliphatic heterocycles. The van der Waals surface area contributed by atoms with Crippen LogP contribution in [0.3, 0.4) is 0 Å². The summed E-state index contributed by atoms with van der Waals surface area (Å²) in [6.07, 6.45) is -0.0927. The van der Waals surface area contributed by atoms with Crippen molar-refractivity contribution in [3.8, 4) is 23.1 Å². The Hall–Kier alpha value is -3.22. The minimum Gasteiger partial charge on any atom is -0.460 e. The first-order valence-corrected chi connectivity index (χ1v) is 9.14. The van der Waals surface area contributed by atoms with Crippen LogP contribution in [0.2, 0.25) is 0 Å². The van der Waals surface area contributed by atoms with E-state index in [1.807, 2.05) is 39.8 Å². The van der Waals surface area contributed by atoms with Gasteiger partial charge in [0.25, 0.3) is 0 Å². The summed E-state index contributed by atoms with van der Waals surface area (Å²) in [5.74, 6) is -0.0499. The molecule has 1 aromatic heterocycles. The highest BCUT2D eigenvalue weighted by Gasteiger charge is 2.16. The molecule has 0 aliphatic carbocycles. The largest absolute Gasteiger partial charge is 0.460 e. The summed E-state index contributed by atoms with van der Waals surface area (Å²) in [6.45, 7) is 7.44. The molecule has 3 rings (SSSR count). The fourth-order valence-electron chi connectivity index (χ4n) is 2.52. The molecule has 3 aromatic rings. The second-order valence-corrected chi connectivity index (χ2v) is 7.00. The standard InChI is InChI=1S/C21H23FN4O2/c1-13(2)20(27)23-17-8-10-18(11-9-17)26-19(15-6-5-7-16(22)12-15)24-21(25-26)28-14(3)4/h5-14H,1-4H3,(H,23,27). The molecule has 0 aliphatic rings. The lowest BCUT2D eigenvalue weighted by atomic mass is 10.2.